The summed E-state index contributed by atoms with van der Waals surface area (Å²) >= 11 is 12.1. The molecule has 0 aliphatic heterocycles. The summed E-state index contributed by atoms with van der Waals surface area (Å²) in [5, 5.41) is 4.63. The minimum atomic E-state index is 0.656. The van der Waals surface area contributed by atoms with Crippen molar-refractivity contribution in [1.29, 1.82) is 0 Å². The highest BCUT2D eigenvalue weighted by atomic mass is 35.5. The molecule has 0 bridgehead atoms. The largest absolute Gasteiger partial charge is 0.340 e. The zero-order valence-corrected chi connectivity index (χ0v) is 16.2. The monoisotopic (exact) mass is 380 g/mol. The van der Waals surface area contributed by atoms with Crippen LogP contribution in [-0.4, -0.2) is 10.0 Å². The van der Waals surface area contributed by atoms with Gasteiger partial charge in [-0.25, -0.2) is 0 Å². The third-order valence-electron chi connectivity index (χ3n) is 4.09. The van der Waals surface area contributed by atoms with E-state index in [0.29, 0.717) is 10.1 Å². The summed E-state index contributed by atoms with van der Waals surface area (Å²) in [6, 6.07) is 26.6. The highest BCUT2D eigenvalue weighted by Crippen LogP contribution is 2.23. The van der Waals surface area contributed by atoms with Crippen molar-refractivity contribution in [1.82, 2.24) is 4.90 Å². The number of halogens is 1. The minimum absolute atomic E-state index is 0.656. The van der Waals surface area contributed by atoms with Crippen molar-refractivity contribution in [2.45, 2.75) is 20.0 Å². The van der Waals surface area contributed by atoms with Gasteiger partial charge in [0.05, 0.1) is 10.7 Å². The van der Waals surface area contributed by atoms with E-state index >= 15 is 0 Å². The van der Waals surface area contributed by atoms with Crippen molar-refractivity contribution < 1.29 is 0 Å². The van der Waals surface area contributed by atoms with Crippen molar-refractivity contribution >= 4 is 34.6 Å². The maximum atomic E-state index is 6.36. The van der Waals surface area contributed by atoms with Crippen LogP contribution in [0.15, 0.2) is 78.9 Å². The Morgan fingerprint density at radius 3 is 1.92 bits per heavy atom. The van der Waals surface area contributed by atoms with E-state index in [4.69, 9.17) is 23.8 Å². The fraction of sp³-hybridized carbons (Fsp3) is 0.136. The average Bonchev–Trinajstić information content (AvgIpc) is 2.65. The van der Waals surface area contributed by atoms with Gasteiger partial charge in [-0.2, -0.15) is 0 Å². The van der Waals surface area contributed by atoms with Gasteiger partial charge >= 0.3 is 0 Å². The molecule has 0 atom stereocenters. The van der Waals surface area contributed by atoms with Gasteiger partial charge in [0.15, 0.2) is 5.11 Å². The highest BCUT2D eigenvalue weighted by Gasteiger charge is 2.13. The lowest BCUT2D eigenvalue weighted by Crippen LogP contribution is -2.33. The summed E-state index contributed by atoms with van der Waals surface area (Å²) in [6.45, 7) is 3.47. The predicted octanol–water partition coefficient (Wildman–Crippen LogP) is 6.05. The molecule has 4 heteroatoms. The molecule has 3 aromatic rings. The van der Waals surface area contributed by atoms with E-state index in [0.717, 1.165) is 24.3 Å². The first-order valence-electron chi connectivity index (χ1n) is 8.52. The zero-order chi connectivity index (χ0) is 18.4. The topological polar surface area (TPSA) is 15.3 Å². The predicted molar refractivity (Wildman–Crippen MR) is 115 cm³/mol. The molecule has 0 aliphatic rings. The van der Waals surface area contributed by atoms with E-state index in [1.165, 1.54) is 11.1 Å². The number of hydrogen-bond acceptors (Lipinski definition) is 1. The van der Waals surface area contributed by atoms with Gasteiger partial charge in [0.25, 0.3) is 0 Å². The molecule has 0 aromatic heterocycles. The zero-order valence-electron chi connectivity index (χ0n) is 14.7. The Morgan fingerprint density at radius 1 is 0.885 bits per heavy atom. The van der Waals surface area contributed by atoms with Gasteiger partial charge < -0.3 is 10.2 Å². The van der Waals surface area contributed by atoms with E-state index in [-0.39, 0.29) is 0 Å². The lowest BCUT2D eigenvalue weighted by atomic mass is 10.2. The lowest BCUT2D eigenvalue weighted by Gasteiger charge is -2.26. The second kappa shape index (κ2) is 8.84. The van der Waals surface area contributed by atoms with Gasteiger partial charge in [0, 0.05) is 13.1 Å². The van der Waals surface area contributed by atoms with Gasteiger partial charge in [-0.1, -0.05) is 78.3 Å². The van der Waals surface area contributed by atoms with Crippen LogP contribution in [0.25, 0.3) is 0 Å². The molecule has 0 radical (unpaired) electrons. The van der Waals surface area contributed by atoms with Crippen LogP contribution in [0.5, 0.6) is 0 Å². The molecule has 0 unspecified atom stereocenters. The number of hydrogen-bond donors (Lipinski definition) is 1. The molecule has 132 valence electrons. The van der Waals surface area contributed by atoms with E-state index in [9.17, 15) is 0 Å². The Hall–Kier alpha value is -2.36. The van der Waals surface area contributed by atoms with Crippen LogP contribution >= 0.6 is 23.8 Å². The molecule has 3 rings (SSSR count). The van der Waals surface area contributed by atoms with E-state index in [1.54, 1.807) is 0 Å². The van der Waals surface area contributed by atoms with Crippen molar-refractivity contribution in [3.05, 3.63) is 101 Å². The summed E-state index contributed by atoms with van der Waals surface area (Å²) in [6.07, 6.45) is 0. The maximum absolute atomic E-state index is 6.36. The molecule has 26 heavy (non-hydrogen) atoms. The van der Waals surface area contributed by atoms with Crippen LogP contribution in [0.4, 0.5) is 5.69 Å². The van der Waals surface area contributed by atoms with Crippen LogP contribution in [0.3, 0.4) is 0 Å². The van der Waals surface area contributed by atoms with Gasteiger partial charge in [-0.05, 0) is 48.0 Å². The third-order valence-corrected chi connectivity index (χ3v) is 4.76. The first kappa shape index (κ1) is 18.4. The van der Waals surface area contributed by atoms with Crippen LogP contribution in [0, 0.1) is 6.92 Å². The fourth-order valence-corrected chi connectivity index (χ4v) is 3.24. The number of anilines is 1. The Kier molecular flexibility index (Phi) is 6.26. The van der Waals surface area contributed by atoms with E-state index in [1.807, 2.05) is 61.5 Å². The Labute approximate surface area is 165 Å². The second-order valence-corrected chi connectivity index (χ2v) is 7.03. The summed E-state index contributed by atoms with van der Waals surface area (Å²) in [5.41, 5.74) is 4.37. The summed E-state index contributed by atoms with van der Waals surface area (Å²) < 4.78 is 0. The molecular weight excluding hydrogens is 360 g/mol. The first-order chi connectivity index (χ1) is 12.6. The third kappa shape index (κ3) is 5.07. The molecule has 0 saturated carbocycles. The van der Waals surface area contributed by atoms with Crippen LogP contribution in [-0.2, 0) is 13.1 Å². The number of thiocarbonyl (C=S) groups is 1. The number of benzene rings is 3. The van der Waals surface area contributed by atoms with Crippen LogP contribution in [0.2, 0.25) is 5.02 Å². The smallest absolute Gasteiger partial charge is 0.174 e. The SMILES string of the molecule is Cc1ccc(NC(=S)N(Cc2ccccc2)Cc2ccccc2)c(Cl)c1. The van der Waals surface area contributed by atoms with Gasteiger partial charge in [0.1, 0.15) is 0 Å². The Balaban J connectivity index is 1.80. The summed E-state index contributed by atoms with van der Waals surface area (Å²) in [5.74, 6) is 0. The normalized spacial score (nSPS) is 10.4. The molecule has 0 spiro atoms. The minimum Gasteiger partial charge on any atom is -0.340 e. The molecular formula is C22H21ClN2S. The Bertz CT molecular complexity index is 824. The maximum Gasteiger partial charge on any atom is 0.174 e. The average molecular weight is 381 g/mol. The standard InChI is InChI=1S/C22H21ClN2S/c1-17-12-13-21(20(23)14-17)24-22(26)25(15-18-8-4-2-5-9-18)16-19-10-6-3-7-11-19/h2-14H,15-16H2,1H3,(H,24,26). The van der Waals surface area contributed by atoms with E-state index in [2.05, 4.69) is 34.5 Å². The van der Waals surface area contributed by atoms with Crippen molar-refractivity contribution in [3.8, 4) is 0 Å². The molecule has 0 amide bonds. The van der Waals surface area contributed by atoms with Crippen molar-refractivity contribution in [2.24, 2.45) is 0 Å². The molecule has 2 nitrogen and oxygen atoms in total. The summed E-state index contributed by atoms with van der Waals surface area (Å²) in [7, 11) is 0. The number of nitrogens with zero attached hydrogens (tertiary/aromatic N) is 1. The van der Waals surface area contributed by atoms with Gasteiger partial charge in [0.2, 0.25) is 0 Å². The van der Waals surface area contributed by atoms with Gasteiger partial charge in [-0.15, -0.1) is 0 Å². The number of aryl methyl sites for hydroxylation is 1. The summed E-state index contributed by atoms with van der Waals surface area (Å²) in [4.78, 5) is 2.15. The van der Waals surface area contributed by atoms with Crippen LogP contribution < -0.4 is 5.32 Å². The second-order valence-electron chi connectivity index (χ2n) is 6.24. The van der Waals surface area contributed by atoms with Crippen molar-refractivity contribution in [2.75, 3.05) is 5.32 Å². The molecule has 1 N–H and O–H groups in total. The highest BCUT2D eigenvalue weighted by molar-refractivity contribution is 7.80. The first-order valence-corrected chi connectivity index (χ1v) is 9.30. The molecule has 0 fully saturated rings. The van der Waals surface area contributed by atoms with E-state index < -0.39 is 0 Å². The molecule has 0 aliphatic carbocycles. The molecule has 3 aromatic carbocycles. The quantitative estimate of drug-likeness (QED) is 0.542. The Morgan fingerprint density at radius 2 is 1.42 bits per heavy atom. The van der Waals surface area contributed by atoms with Crippen molar-refractivity contribution in [3.63, 3.8) is 0 Å². The molecule has 0 saturated heterocycles. The van der Waals surface area contributed by atoms with Gasteiger partial charge in [-0.3, -0.25) is 0 Å². The number of rotatable bonds is 5. The molecule has 0 heterocycles. The fourth-order valence-electron chi connectivity index (χ4n) is 2.72. The lowest BCUT2D eigenvalue weighted by molar-refractivity contribution is 0.413. The number of nitrogens with one attached hydrogen (secondary N) is 1. The van der Waals surface area contributed by atoms with Crippen LogP contribution in [0.1, 0.15) is 16.7 Å².